The first-order chi connectivity index (χ1) is 8.47. The smallest absolute Gasteiger partial charge is 0.307 e. The van der Waals surface area contributed by atoms with Gasteiger partial charge in [0.15, 0.2) is 0 Å². The maximum Gasteiger partial charge on any atom is 0.307 e. The van der Waals surface area contributed by atoms with Crippen molar-refractivity contribution in [3.8, 4) is 0 Å². The number of carbonyl (C=O) groups is 2. The number of ether oxygens (including phenoxy) is 1. The van der Waals surface area contributed by atoms with Crippen molar-refractivity contribution in [2.24, 2.45) is 0 Å². The van der Waals surface area contributed by atoms with Crippen LogP contribution in [0.5, 0.6) is 0 Å². The van der Waals surface area contributed by atoms with E-state index in [0.29, 0.717) is 17.8 Å². The van der Waals surface area contributed by atoms with E-state index in [1.807, 2.05) is 0 Å². The van der Waals surface area contributed by atoms with Crippen LogP contribution in [0.2, 0.25) is 0 Å². The fourth-order valence-corrected chi connectivity index (χ4v) is 1.55. The van der Waals surface area contributed by atoms with Gasteiger partial charge < -0.3 is 15.4 Å². The fraction of sp³-hybridized carbons (Fsp3) is 0.385. The SMILES string of the molecule is COC(=O)CCN(C)C(=O)c1cccc(N)c1C. The third kappa shape index (κ3) is 3.23. The first-order valence-corrected chi connectivity index (χ1v) is 5.64. The third-order valence-electron chi connectivity index (χ3n) is 2.83. The van der Waals surface area contributed by atoms with Gasteiger partial charge in [0.2, 0.25) is 0 Å². The van der Waals surface area contributed by atoms with Crippen molar-refractivity contribution < 1.29 is 14.3 Å². The number of hydrogen-bond donors (Lipinski definition) is 1. The second-order valence-corrected chi connectivity index (χ2v) is 4.07. The number of esters is 1. The van der Waals surface area contributed by atoms with Crippen LogP contribution in [-0.4, -0.2) is 37.5 Å². The molecule has 0 saturated carbocycles. The van der Waals surface area contributed by atoms with E-state index in [0.717, 1.165) is 5.56 Å². The van der Waals surface area contributed by atoms with Crippen molar-refractivity contribution in [3.05, 3.63) is 29.3 Å². The Balaban J connectivity index is 2.74. The van der Waals surface area contributed by atoms with Crippen molar-refractivity contribution >= 4 is 17.6 Å². The molecule has 18 heavy (non-hydrogen) atoms. The number of amides is 1. The highest BCUT2D eigenvalue weighted by Gasteiger charge is 2.15. The first-order valence-electron chi connectivity index (χ1n) is 5.64. The lowest BCUT2D eigenvalue weighted by molar-refractivity contribution is -0.140. The Bertz CT molecular complexity index is 458. The summed E-state index contributed by atoms with van der Waals surface area (Å²) in [6.45, 7) is 2.12. The summed E-state index contributed by atoms with van der Waals surface area (Å²) in [7, 11) is 2.97. The molecule has 0 aliphatic carbocycles. The Morgan fingerprint density at radius 2 is 2.06 bits per heavy atom. The Morgan fingerprint density at radius 1 is 1.39 bits per heavy atom. The number of nitrogens with zero attached hydrogens (tertiary/aromatic N) is 1. The molecule has 1 aromatic carbocycles. The maximum atomic E-state index is 12.1. The highest BCUT2D eigenvalue weighted by molar-refractivity contribution is 5.96. The summed E-state index contributed by atoms with van der Waals surface area (Å²) >= 11 is 0. The number of nitrogen functional groups attached to an aromatic ring is 1. The maximum absolute atomic E-state index is 12.1. The van der Waals surface area contributed by atoms with Gasteiger partial charge in [-0.1, -0.05) is 6.07 Å². The van der Waals surface area contributed by atoms with Gasteiger partial charge in [-0.15, -0.1) is 0 Å². The number of benzene rings is 1. The zero-order chi connectivity index (χ0) is 13.7. The van der Waals surface area contributed by atoms with E-state index in [1.165, 1.54) is 12.0 Å². The molecule has 0 aromatic heterocycles. The largest absolute Gasteiger partial charge is 0.469 e. The molecule has 0 aliphatic heterocycles. The summed E-state index contributed by atoms with van der Waals surface area (Å²) in [5, 5.41) is 0. The standard InChI is InChI=1S/C13H18N2O3/c1-9-10(5-4-6-11(9)14)13(17)15(2)8-7-12(16)18-3/h4-6H,7-8,14H2,1-3H3. The molecule has 0 saturated heterocycles. The van der Waals surface area contributed by atoms with Gasteiger partial charge in [-0.3, -0.25) is 9.59 Å². The summed E-state index contributed by atoms with van der Waals surface area (Å²) in [5.74, 6) is -0.484. The van der Waals surface area contributed by atoms with E-state index in [9.17, 15) is 9.59 Å². The highest BCUT2D eigenvalue weighted by Crippen LogP contribution is 2.17. The number of nitrogens with two attached hydrogens (primary N) is 1. The number of anilines is 1. The number of methoxy groups -OCH3 is 1. The molecule has 2 N–H and O–H groups in total. The molecule has 5 nitrogen and oxygen atoms in total. The molecule has 1 rings (SSSR count). The summed E-state index contributed by atoms with van der Waals surface area (Å²) in [4.78, 5) is 24.6. The van der Waals surface area contributed by atoms with Crippen molar-refractivity contribution in [2.75, 3.05) is 26.4 Å². The van der Waals surface area contributed by atoms with Crippen molar-refractivity contribution in [1.82, 2.24) is 4.90 Å². The lowest BCUT2D eigenvalue weighted by atomic mass is 10.1. The quantitative estimate of drug-likeness (QED) is 0.644. The lowest BCUT2D eigenvalue weighted by Gasteiger charge is -2.18. The molecule has 5 heteroatoms. The predicted octanol–water partition coefficient (Wildman–Crippen LogP) is 1.21. The van der Waals surface area contributed by atoms with Crippen LogP contribution in [0.3, 0.4) is 0 Å². The average Bonchev–Trinajstić information content (AvgIpc) is 2.37. The fourth-order valence-electron chi connectivity index (χ4n) is 1.55. The summed E-state index contributed by atoms with van der Waals surface area (Å²) in [6, 6.07) is 5.22. The van der Waals surface area contributed by atoms with Crippen LogP contribution in [0.4, 0.5) is 5.69 Å². The van der Waals surface area contributed by atoms with Gasteiger partial charge in [0.25, 0.3) is 5.91 Å². The van der Waals surface area contributed by atoms with E-state index in [1.54, 1.807) is 32.2 Å². The van der Waals surface area contributed by atoms with Gasteiger partial charge in [-0.05, 0) is 24.6 Å². The topological polar surface area (TPSA) is 72.6 Å². The van der Waals surface area contributed by atoms with E-state index in [4.69, 9.17) is 5.73 Å². The second-order valence-electron chi connectivity index (χ2n) is 4.07. The van der Waals surface area contributed by atoms with Crippen LogP contribution in [0, 0.1) is 6.92 Å². The Labute approximate surface area is 107 Å². The summed E-state index contributed by atoms with van der Waals surface area (Å²) in [5.41, 5.74) is 7.66. The van der Waals surface area contributed by atoms with Crippen LogP contribution in [-0.2, 0) is 9.53 Å². The van der Waals surface area contributed by atoms with E-state index >= 15 is 0 Å². The molecule has 0 unspecified atom stereocenters. The van der Waals surface area contributed by atoms with Gasteiger partial charge in [-0.25, -0.2) is 0 Å². The minimum absolute atomic E-state index is 0.149. The molecule has 1 amide bonds. The molecule has 98 valence electrons. The van der Waals surface area contributed by atoms with E-state index < -0.39 is 0 Å². The van der Waals surface area contributed by atoms with Gasteiger partial charge >= 0.3 is 5.97 Å². The normalized spacial score (nSPS) is 9.94. The zero-order valence-corrected chi connectivity index (χ0v) is 10.9. The Kier molecular flexibility index (Phi) is 4.71. The monoisotopic (exact) mass is 250 g/mol. The van der Waals surface area contributed by atoms with Crippen LogP contribution < -0.4 is 5.73 Å². The second kappa shape index (κ2) is 6.05. The number of hydrogen-bond acceptors (Lipinski definition) is 4. The molecule has 0 atom stereocenters. The summed E-state index contributed by atoms with van der Waals surface area (Å²) < 4.78 is 4.53. The molecule has 0 bridgehead atoms. The van der Waals surface area contributed by atoms with Crippen molar-refractivity contribution in [3.63, 3.8) is 0 Å². The molecule has 0 fully saturated rings. The van der Waals surface area contributed by atoms with Crippen LogP contribution in [0.25, 0.3) is 0 Å². The van der Waals surface area contributed by atoms with Gasteiger partial charge in [0, 0.05) is 24.8 Å². The van der Waals surface area contributed by atoms with Gasteiger partial charge in [0.1, 0.15) is 0 Å². The minimum atomic E-state index is -0.334. The zero-order valence-electron chi connectivity index (χ0n) is 10.9. The van der Waals surface area contributed by atoms with Gasteiger partial charge in [-0.2, -0.15) is 0 Å². The number of rotatable bonds is 4. The minimum Gasteiger partial charge on any atom is -0.469 e. The Morgan fingerprint density at radius 3 is 2.67 bits per heavy atom. The molecule has 1 aromatic rings. The molecule has 0 heterocycles. The molecule has 0 radical (unpaired) electrons. The van der Waals surface area contributed by atoms with Crippen LogP contribution in [0.15, 0.2) is 18.2 Å². The summed E-state index contributed by atoms with van der Waals surface area (Å²) in [6.07, 6.45) is 0.181. The first kappa shape index (κ1) is 14.0. The van der Waals surface area contributed by atoms with Gasteiger partial charge in [0.05, 0.1) is 13.5 Å². The third-order valence-corrected chi connectivity index (χ3v) is 2.83. The lowest BCUT2D eigenvalue weighted by Crippen LogP contribution is -2.29. The van der Waals surface area contributed by atoms with E-state index in [-0.39, 0.29) is 18.3 Å². The molecular weight excluding hydrogens is 232 g/mol. The van der Waals surface area contributed by atoms with Crippen molar-refractivity contribution in [1.29, 1.82) is 0 Å². The molecule has 0 aliphatic rings. The highest BCUT2D eigenvalue weighted by atomic mass is 16.5. The van der Waals surface area contributed by atoms with Crippen LogP contribution >= 0.6 is 0 Å². The Hall–Kier alpha value is -2.04. The average molecular weight is 250 g/mol. The van der Waals surface area contributed by atoms with E-state index in [2.05, 4.69) is 4.74 Å². The predicted molar refractivity (Wildman–Crippen MR) is 69.2 cm³/mol. The van der Waals surface area contributed by atoms with Crippen LogP contribution in [0.1, 0.15) is 22.3 Å². The van der Waals surface area contributed by atoms with Crippen molar-refractivity contribution in [2.45, 2.75) is 13.3 Å². The molecular formula is C13H18N2O3. The number of carbonyl (C=O) groups excluding carboxylic acids is 2. The molecule has 0 spiro atoms.